The molecular weight excluding hydrogens is 228 g/mol. The van der Waals surface area contributed by atoms with Crippen molar-refractivity contribution in [3.63, 3.8) is 0 Å². The van der Waals surface area contributed by atoms with Gasteiger partial charge in [0.15, 0.2) is 0 Å². The van der Waals surface area contributed by atoms with Crippen LogP contribution in [0.2, 0.25) is 0 Å². The highest BCUT2D eigenvalue weighted by Crippen LogP contribution is 2.20. The van der Waals surface area contributed by atoms with Crippen molar-refractivity contribution in [3.05, 3.63) is 24.3 Å². The van der Waals surface area contributed by atoms with E-state index in [-0.39, 0.29) is 12.0 Å². The number of amides is 1. The number of carbonyl (C=O) groups is 1. The lowest BCUT2D eigenvalue weighted by Crippen LogP contribution is -2.44. The number of hydrogen-bond acceptors (Lipinski definition) is 3. The van der Waals surface area contributed by atoms with Crippen LogP contribution >= 0.6 is 0 Å². The van der Waals surface area contributed by atoms with E-state index >= 15 is 0 Å². The van der Waals surface area contributed by atoms with Crippen molar-refractivity contribution < 1.29 is 9.53 Å². The zero-order valence-electron chi connectivity index (χ0n) is 10.8. The number of anilines is 1. The first-order chi connectivity index (χ1) is 8.69. The molecular formula is C14H20N2O2. The van der Waals surface area contributed by atoms with Gasteiger partial charge in [0.2, 0.25) is 5.91 Å². The Bertz CT molecular complexity index is 403. The number of carbonyl (C=O) groups excluding carboxylic acids is 1. The molecule has 1 aromatic carbocycles. The lowest BCUT2D eigenvalue weighted by Gasteiger charge is -2.32. The number of benzene rings is 1. The highest BCUT2D eigenvalue weighted by Gasteiger charge is 2.23. The van der Waals surface area contributed by atoms with Crippen molar-refractivity contribution in [2.45, 2.75) is 32.3 Å². The Hall–Kier alpha value is -1.71. The average molecular weight is 248 g/mol. The maximum absolute atomic E-state index is 11.7. The molecule has 1 aromatic rings. The summed E-state index contributed by atoms with van der Waals surface area (Å²) < 4.78 is 5.89. The van der Waals surface area contributed by atoms with Gasteiger partial charge in [0.25, 0.3) is 0 Å². The van der Waals surface area contributed by atoms with Gasteiger partial charge < -0.3 is 15.4 Å². The van der Waals surface area contributed by atoms with Crippen LogP contribution in [0.15, 0.2) is 24.3 Å². The number of hydrogen-bond donors (Lipinski definition) is 1. The topological polar surface area (TPSA) is 55.6 Å². The lowest BCUT2D eigenvalue weighted by molar-refractivity contribution is -0.133. The second kappa shape index (κ2) is 5.76. The van der Waals surface area contributed by atoms with Crippen molar-refractivity contribution in [1.82, 2.24) is 4.90 Å². The minimum atomic E-state index is 0.0953. The predicted octanol–water partition coefficient (Wildman–Crippen LogP) is 2.05. The summed E-state index contributed by atoms with van der Waals surface area (Å²) >= 11 is 0. The van der Waals surface area contributed by atoms with E-state index in [2.05, 4.69) is 0 Å². The van der Waals surface area contributed by atoms with E-state index in [9.17, 15) is 4.79 Å². The molecule has 2 rings (SSSR count). The summed E-state index contributed by atoms with van der Waals surface area (Å²) in [5, 5.41) is 0. The number of nitrogen functional groups attached to an aromatic ring is 1. The number of nitrogens with zero attached hydrogens (tertiary/aromatic N) is 1. The molecule has 0 saturated carbocycles. The van der Waals surface area contributed by atoms with Gasteiger partial charge in [-0.1, -0.05) is 6.92 Å². The number of ether oxygens (including phenoxy) is 1. The summed E-state index contributed by atoms with van der Waals surface area (Å²) in [4.78, 5) is 13.6. The summed E-state index contributed by atoms with van der Waals surface area (Å²) in [6.45, 7) is 3.44. The average Bonchev–Trinajstić information content (AvgIpc) is 2.41. The Balaban J connectivity index is 1.93. The van der Waals surface area contributed by atoms with Crippen LogP contribution in [0.25, 0.3) is 0 Å². The largest absolute Gasteiger partial charge is 0.489 e. The molecule has 1 heterocycles. The predicted molar refractivity (Wildman–Crippen MR) is 71.4 cm³/mol. The van der Waals surface area contributed by atoms with Crippen molar-refractivity contribution in [1.29, 1.82) is 0 Å². The molecule has 0 spiro atoms. The molecule has 1 aliphatic heterocycles. The molecule has 1 fully saturated rings. The quantitative estimate of drug-likeness (QED) is 0.833. The van der Waals surface area contributed by atoms with Crippen LogP contribution in [-0.4, -0.2) is 30.0 Å². The number of rotatable bonds is 3. The van der Waals surface area contributed by atoms with E-state index in [1.165, 1.54) is 0 Å². The summed E-state index contributed by atoms with van der Waals surface area (Å²) in [6.07, 6.45) is 2.66. The molecule has 0 aliphatic carbocycles. The van der Waals surface area contributed by atoms with Gasteiger partial charge in [0, 0.05) is 18.7 Å². The highest BCUT2D eigenvalue weighted by atomic mass is 16.5. The fourth-order valence-electron chi connectivity index (χ4n) is 2.22. The van der Waals surface area contributed by atoms with E-state index in [1.807, 2.05) is 36.1 Å². The first-order valence-corrected chi connectivity index (χ1v) is 6.49. The van der Waals surface area contributed by atoms with Crippen LogP contribution in [0.5, 0.6) is 5.75 Å². The molecule has 18 heavy (non-hydrogen) atoms. The normalized spacial score (nSPS) is 19.6. The number of nitrogens with two attached hydrogens (primary N) is 1. The number of piperidine rings is 1. The molecule has 1 amide bonds. The first kappa shape index (κ1) is 12.7. The summed E-state index contributed by atoms with van der Waals surface area (Å²) in [6, 6.07) is 7.39. The molecule has 0 bridgehead atoms. The Morgan fingerprint density at radius 1 is 1.44 bits per heavy atom. The van der Waals surface area contributed by atoms with Gasteiger partial charge in [-0.25, -0.2) is 0 Å². The Kier molecular flexibility index (Phi) is 4.07. The van der Waals surface area contributed by atoms with Crippen LogP contribution in [0.4, 0.5) is 5.69 Å². The maximum Gasteiger partial charge on any atom is 0.222 e. The van der Waals surface area contributed by atoms with E-state index in [1.54, 1.807) is 0 Å². The molecule has 0 radical (unpaired) electrons. The molecule has 0 aromatic heterocycles. The number of likely N-dealkylation sites (tertiary alicyclic amines) is 1. The molecule has 1 unspecified atom stereocenters. The van der Waals surface area contributed by atoms with Crippen LogP contribution in [0.1, 0.15) is 26.2 Å². The fraction of sp³-hybridized carbons (Fsp3) is 0.500. The maximum atomic E-state index is 11.7. The minimum absolute atomic E-state index is 0.0953. The van der Waals surface area contributed by atoms with Gasteiger partial charge in [0.1, 0.15) is 11.9 Å². The van der Waals surface area contributed by atoms with E-state index in [0.29, 0.717) is 13.0 Å². The standard InChI is InChI=1S/C14H20N2O2/c1-2-14(17)16-9-3-4-13(10-16)18-12-7-5-11(15)6-8-12/h5-8,13H,2-4,9-10,15H2,1H3. The van der Waals surface area contributed by atoms with Crippen molar-refractivity contribution in [2.24, 2.45) is 0 Å². The van der Waals surface area contributed by atoms with Crippen LogP contribution in [0, 0.1) is 0 Å². The van der Waals surface area contributed by atoms with Gasteiger partial charge in [0.05, 0.1) is 6.54 Å². The third kappa shape index (κ3) is 3.15. The Labute approximate surface area is 108 Å². The first-order valence-electron chi connectivity index (χ1n) is 6.49. The zero-order chi connectivity index (χ0) is 13.0. The van der Waals surface area contributed by atoms with Crippen molar-refractivity contribution >= 4 is 11.6 Å². The third-order valence-electron chi connectivity index (χ3n) is 3.22. The van der Waals surface area contributed by atoms with Gasteiger partial charge in [-0.3, -0.25) is 4.79 Å². The van der Waals surface area contributed by atoms with E-state index in [4.69, 9.17) is 10.5 Å². The van der Waals surface area contributed by atoms with Gasteiger partial charge in [-0.15, -0.1) is 0 Å². The van der Waals surface area contributed by atoms with Gasteiger partial charge >= 0.3 is 0 Å². The molecule has 4 heteroatoms. The second-order valence-electron chi connectivity index (χ2n) is 4.64. The van der Waals surface area contributed by atoms with E-state index in [0.717, 1.165) is 30.8 Å². The van der Waals surface area contributed by atoms with Gasteiger partial charge in [-0.05, 0) is 37.1 Å². The zero-order valence-corrected chi connectivity index (χ0v) is 10.8. The van der Waals surface area contributed by atoms with Crippen molar-refractivity contribution in [3.8, 4) is 5.75 Å². The molecule has 2 N–H and O–H groups in total. The summed E-state index contributed by atoms with van der Waals surface area (Å²) in [5.41, 5.74) is 6.36. The fourth-order valence-corrected chi connectivity index (χ4v) is 2.22. The monoisotopic (exact) mass is 248 g/mol. The van der Waals surface area contributed by atoms with Crippen LogP contribution in [-0.2, 0) is 4.79 Å². The smallest absolute Gasteiger partial charge is 0.222 e. The molecule has 1 aliphatic rings. The minimum Gasteiger partial charge on any atom is -0.489 e. The lowest BCUT2D eigenvalue weighted by atomic mass is 10.1. The SMILES string of the molecule is CCC(=O)N1CCCC(Oc2ccc(N)cc2)C1. The van der Waals surface area contributed by atoms with Gasteiger partial charge in [-0.2, -0.15) is 0 Å². The molecule has 98 valence electrons. The molecule has 1 saturated heterocycles. The van der Waals surface area contributed by atoms with Crippen LogP contribution in [0.3, 0.4) is 0 Å². The summed E-state index contributed by atoms with van der Waals surface area (Å²) in [5.74, 6) is 1.03. The van der Waals surface area contributed by atoms with E-state index < -0.39 is 0 Å². The van der Waals surface area contributed by atoms with Crippen molar-refractivity contribution in [2.75, 3.05) is 18.8 Å². The Morgan fingerprint density at radius 3 is 2.83 bits per heavy atom. The Morgan fingerprint density at radius 2 is 2.17 bits per heavy atom. The molecule has 4 nitrogen and oxygen atoms in total. The summed E-state index contributed by atoms with van der Waals surface area (Å²) in [7, 11) is 0. The molecule has 1 atom stereocenters. The third-order valence-corrected chi connectivity index (χ3v) is 3.22. The highest BCUT2D eigenvalue weighted by molar-refractivity contribution is 5.75. The van der Waals surface area contributed by atoms with Crippen LogP contribution < -0.4 is 10.5 Å². The second-order valence-corrected chi connectivity index (χ2v) is 4.64.